The topological polar surface area (TPSA) is 42.2 Å². The van der Waals surface area contributed by atoms with Crippen LogP contribution in [0, 0.1) is 0 Å². The summed E-state index contributed by atoms with van der Waals surface area (Å²) in [6.07, 6.45) is 2.12. The Balaban J connectivity index is 2.62. The van der Waals surface area contributed by atoms with E-state index in [0.29, 0.717) is 4.90 Å². The number of fused-ring (bicyclic) bond motifs is 1. The van der Waals surface area contributed by atoms with Crippen LogP contribution in [-0.4, -0.2) is 21.2 Å². The van der Waals surface area contributed by atoms with E-state index in [9.17, 15) is 4.21 Å². The van der Waals surface area contributed by atoms with Gasteiger partial charge < -0.3 is 8.79 Å². The van der Waals surface area contributed by atoms with Gasteiger partial charge in [0.2, 0.25) is 0 Å². The van der Waals surface area contributed by atoms with E-state index in [0.717, 1.165) is 10.9 Å². The van der Waals surface area contributed by atoms with Crippen LogP contribution in [0.3, 0.4) is 0 Å². The van der Waals surface area contributed by atoms with Crippen molar-refractivity contribution < 1.29 is 8.76 Å². The molecule has 1 N–H and O–H groups in total. The highest BCUT2D eigenvalue weighted by molar-refractivity contribution is 7.79. The number of hydrogen-bond acceptors (Lipinski definition) is 1. The van der Waals surface area contributed by atoms with Crippen molar-refractivity contribution in [3.8, 4) is 0 Å². The Hall–Kier alpha value is -0.913. The maximum Gasteiger partial charge on any atom is 0.186 e. The summed E-state index contributed by atoms with van der Waals surface area (Å²) in [5.74, 6) is 0. The van der Waals surface area contributed by atoms with Crippen LogP contribution in [0.1, 0.15) is 20.8 Å². The average molecular weight is 295 g/mol. The molecule has 2 rings (SSSR count). The quantitative estimate of drug-likeness (QED) is 0.670. The lowest BCUT2D eigenvalue weighted by atomic mass is 10.2. The predicted molar refractivity (Wildman–Crippen MR) is 83.6 cm³/mol. The molecule has 19 heavy (non-hydrogen) atoms. The zero-order valence-electron chi connectivity index (χ0n) is 12.1. The number of hydrogen-bond donors (Lipinski definition) is 1. The highest BCUT2D eigenvalue weighted by Gasteiger charge is 2.37. The van der Waals surface area contributed by atoms with E-state index in [1.807, 2.05) is 12.1 Å². The Morgan fingerprint density at radius 1 is 1.21 bits per heavy atom. The summed E-state index contributed by atoms with van der Waals surface area (Å²) in [4.78, 5) is 0.459. The molecule has 0 spiro atoms. The first-order valence-corrected chi connectivity index (χ1v) is 10.4. The molecule has 2 aromatic rings. The lowest BCUT2D eigenvalue weighted by Gasteiger charge is -2.38. The van der Waals surface area contributed by atoms with Gasteiger partial charge in [0, 0.05) is 10.9 Å². The van der Waals surface area contributed by atoms with Gasteiger partial charge in [-0.2, -0.15) is 0 Å². The summed E-state index contributed by atoms with van der Waals surface area (Å²) in [6.45, 7) is 11.5. The van der Waals surface area contributed by atoms with E-state index in [4.69, 9.17) is 4.55 Å². The first-order chi connectivity index (χ1) is 8.64. The Labute approximate surface area is 118 Å². The molecule has 0 bridgehead atoms. The molecule has 0 saturated carbocycles. The van der Waals surface area contributed by atoms with E-state index in [-0.39, 0.29) is 5.04 Å². The molecule has 0 radical (unpaired) electrons. The van der Waals surface area contributed by atoms with Gasteiger partial charge in [-0.3, -0.25) is 0 Å². The summed E-state index contributed by atoms with van der Waals surface area (Å²) < 4.78 is 22.7. The molecule has 1 aromatic heterocycles. The summed E-state index contributed by atoms with van der Waals surface area (Å²) >= 11 is -1.91. The van der Waals surface area contributed by atoms with Gasteiger partial charge >= 0.3 is 0 Å². The summed E-state index contributed by atoms with van der Waals surface area (Å²) in [5.41, 5.74) is 1.15. The third kappa shape index (κ3) is 2.42. The molecule has 0 aliphatic carbocycles. The fraction of sp³-hybridized carbons (Fsp3) is 0.429. The molecule has 1 unspecified atom stereocenters. The van der Waals surface area contributed by atoms with Gasteiger partial charge in [-0.05, 0) is 35.5 Å². The zero-order chi connectivity index (χ0) is 14.4. The van der Waals surface area contributed by atoms with E-state index >= 15 is 0 Å². The molecule has 0 saturated heterocycles. The van der Waals surface area contributed by atoms with Crippen LogP contribution >= 0.6 is 0 Å². The lowest BCUT2D eigenvalue weighted by molar-refractivity contribution is 0.564. The summed E-state index contributed by atoms with van der Waals surface area (Å²) in [6, 6.07) is 7.53. The van der Waals surface area contributed by atoms with Crippen LogP contribution in [0.25, 0.3) is 10.9 Å². The van der Waals surface area contributed by atoms with Crippen LogP contribution in [0.5, 0.6) is 0 Å². The van der Waals surface area contributed by atoms with E-state index in [1.165, 1.54) is 0 Å². The molecule has 1 aromatic carbocycles. The number of benzene rings is 1. The molecule has 0 aliphatic heterocycles. The minimum Gasteiger partial charge on any atom is -0.374 e. The fourth-order valence-corrected chi connectivity index (χ4v) is 4.47. The molecule has 3 nitrogen and oxygen atoms in total. The lowest BCUT2D eigenvalue weighted by Crippen LogP contribution is -2.44. The Kier molecular flexibility index (Phi) is 3.49. The molecule has 1 heterocycles. The third-order valence-electron chi connectivity index (χ3n) is 4.30. The van der Waals surface area contributed by atoms with Gasteiger partial charge in [0.15, 0.2) is 19.3 Å². The fourth-order valence-electron chi connectivity index (χ4n) is 2.08. The molecule has 5 heteroatoms. The van der Waals surface area contributed by atoms with E-state index in [1.54, 1.807) is 12.1 Å². The Morgan fingerprint density at radius 2 is 1.84 bits per heavy atom. The minimum absolute atomic E-state index is 0.247. The van der Waals surface area contributed by atoms with Crippen molar-refractivity contribution in [3.63, 3.8) is 0 Å². The third-order valence-corrected chi connectivity index (χ3v) is 10.2. The first-order valence-electron chi connectivity index (χ1n) is 6.37. The van der Waals surface area contributed by atoms with Crippen molar-refractivity contribution in [2.45, 2.75) is 43.8 Å². The molecule has 0 aliphatic rings. The van der Waals surface area contributed by atoms with Gasteiger partial charge in [-0.1, -0.05) is 33.9 Å². The predicted octanol–water partition coefficient (Wildman–Crippen LogP) is 4.08. The highest BCUT2D eigenvalue weighted by Crippen LogP contribution is 2.38. The number of aromatic nitrogens is 1. The first kappa shape index (κ1) is 14.5. The van der Waals surface area contributed by atoms with Crippen molar-refractivity contribution in [3.05, 3.63) is 30.5 Å². The van der Waals surface area contributed by atoms with Gasteiger partial charge in [0.1, 0.15) is 0 Å². The van der Waals surface area contributed by atoms with Crippen molar-refractivity contribution in [2.75, 3.05) is 0 Å². The zero-order valence-corrected chi connectivity index (χ0v) is 13.9. The largest absolute Gasteiger partial charge is 0.374 e. The normalized spacial score (nSPS) is 14.8. The van der Waals surface area contributed by atoms with E-state index in [2.05, 4.69) is 44.3 Å². The van der Waals surface area contributed by atoms with Crippen molar-refractivity contribution >= 4 is 30.2 Å². The summed E-state index contributed by atoms with van der Waals surface area (Å²) in [5, 5.41) is 1.28. The standard InChI is InChI=1S/C14H21NO2SSi/c1-14(2,3)19(4,5)15-9-8-11-10-12(18(16)17)6-7-13(11)15/h6-10H,1-5H3,(H,16,17). The van der Waals surface area contributed by atoms with Crippen LogP contribution < -0.4 is 0 Å². The SMILES string of the molecule is CC(C)(C)[Si](C)(C)n1ccc2cc(S(=O)O)ccc21. The van der Waals surface area contributed by atoms with Gasteiger partial charge in [-0.15, -0.1) is 0 Å². The minimum atomic E-state index is -1.91. The maximum absolute atomic E-state index is 11.1. The van der Waals surface area contributed by atoms with Crippen molar-refractivity contribution in [1.29, 1.82) is 0 Å². The molecule has 104 valence electrons. The smallest absolute Gasteiger partial charge is 0.186 e. The van der Waals surface area contributed by atoms with Crippen LogP contribution in [0.4, 0.5) is 0 Å². The highest BCUT2D eigenvalue weighted by atomic mass is 32.2. The molecule has 0 fully saturated rings. The van der Waals surface area contributed by atoms with Gasteiger partial charge in [0.05, 0.1) is 4.90 Å². The van der Waals surface area contributed by atoms with Crippen molar-refractivity contribution in [2.24, 2.45) is 0 Å². The molecule has 0 amide bonds. The average Bonchev–Trinajstić information content (AvgIpc) is 2.70. The molecular weight excluding hydrogens is 274 g/mol. The second-order valence-electron chi connectivity index (χ2n) is 6.46. The van der Waals surface area contributed by atoms with Crippen LogP contribution in [0.15, 0.2) is 35.4 Å². The number of rotatable bonds is 2. The molecule has 1 atom stereocenters. The van der Waals surface area contributed by atoms with Crippen LogP contribution in [-0.2, 0) is 11.1 Å². The van der Waals surface area contributed by atoms with E-state index < -0.39 is 19.3 Å². The van der Waals surface area contributed by atoms with Gasteiger partial charge in [-0.25, -0.2) is 4.21 Å². The Bertz CT molecular complexity index is 640. The number of nitrogens with zero attached hydrogens (tertiary/aromatic N) is 1. The molecular formula is C14H21NO2SSi. The summed E-state index contributed by atoms with van der Waals surface area (Å²) in [7, 11) is -1.66. The maximum atomic E-state index is 11.1. The van der Waals surface area contributed by atoms with Crippen LogP contribution in [0.2, 0.25) is 18.1 Å². The monoisotopic (exact) mass is 295 g/mol. The van der Waals surface area contributed by atoms with Gasteiger partial charge in [0.25, 0.3) is 0 Å². The van der Waals surface area contributed by atoms with Crippen molar-refractivity contribution in [1.82, 2.24) is 4.23 Å². The second kappa shape index (κ2) is 4.58. The second-order valence-corrected chi connectivity index (χ2v) is 12.5. The Morgan fingerprint density at radius 3 is 2.37 bits per heavy atom.